The minimum Gasteiger partial charge on any atom is -0.497 e. The zero-order chi connectivity index (χ0) is 17.5. The van der Waals surface area contributed by atoms with Crippen molar-refractivity contribution in [1.29, 1.82) is 0 Å². The fourth-order valence-corrected chi connectivity index (χ4v) is 2.56. The zero-order valence-corrected chi connectivity index (χ0v) is 13.9. The highest BCUT2D eigenvalue weighted by atomic mass is 16.5. The number of ether oxygens (including phenoxy) is 2. The summed E-state index contributed by atoms with van der Waals surface area (Å²) in [4.78, 5) is 36.9. The number of esters is 1. The number of amides is 2. The number of nitrogens with one attached hydrogen (secondary N) is 1. The van der Waals surface area contributed by atoms with Gasteiger partial charge in [0.1, 0.15) is 5.75 Å². The van der Waals surface area contributed by atoms with Crippen LogP contribution >= 0.6 is 0 Å². The van der Waals surface area contributed by atoms with Crippen LogP contribution in [0.25, 0.3) is 0 Å². The van der Waals surface area contributed by atoms with Crippen molar-refractivity contribution in [3.63, 3.8) is 0 Å². The van der Waals surface area contributed by atoms with Crippen LogP contribution in [-0.2, 0) is 19.1 Å². The van der Waals surface area contributed by atoms with Crippen LogP contribution in [0.4, 0.5) is 5.69 Å². The smallest absolute Gasteiger partial charge is 0.306 e. The van der Waals surface area contributed by atoms with E-state index in [0.29, 0.717) is 18.9 Å². The maximum atomic E-state index is 12.1. The van der Waals surface area contributed by atoms with Crippen LogP contribution in [-0.4, -0.2) is 44.1 Å². The van der Waals surface area contributed by atoms with E-state index in [1.165, 1.54) is 0 Å². The number of benzene rings is 1. The normalized spacial score (nSPS) is 16.8. The van der Waals surface area contributed by atoms with Crippen molar-refractivity contribution in [3.05, 3.63) is 24.3 Å². The maximum absolute atomic E-state index is 12.1. The standard InChI is InChI=1S/C17H22N2O5/c1-3-24-17(22)9-8-15(20)18-12-10-16(21)19(11-12)13-4-6-14(23-2)7-5-13/h4-7,12H,3,8-11H2,1-2H3,(H,18,20)/t12-/m0/s1. The van der Waals surface area contributed by atoms with E-state index < -0.39 is 5.97 Å². The van der Waals surface area contributed by atoms with Crippen LogP contribution in [0, 0.1) is 0 Å². The van der Waals surface area contributed by atoms with E-state index in [4.69, 9.17) is 9.47 Å². The number of hydrogen-bond acceptors (Lipinski definition) is 5. The molecule has 130 valence electrons. The van der Waals surface area contributed by atoms with Gasteiger partial charge < -0.3 is 19.7 Å². The van der Waals surface area contributed by atoms with E-state index in [0.717, 1.165) is 5.69 Å². The quantitative estimate of drug-likeness (QED) is 0.759. The lowest BCUT2D eigenvalue weighted by Crippen LogP contribution is -2.37. The van der Waals surface area contributed by atoms with Crippen LogP contribution in [0.5, 0.6) is 5.75 Å². The number of carbonyl (C=O) groups is 3. The van der Waals surface area contributed by atoms with Gasteiger partial charge in [-0.2, -0.15) is 0 Å². The largest absolute Gasteiger partial charge is 0.497 e. The third-order valence-corrected chi connectivity index (χ3v) is 3.74. The van der Waals surface area contributed by atoms with Crippen LogP contribution in [0.1, 0.15) is 26.2 Å². The Morgan fingerprint density at radius 2 is 1.96 bits per heavy atom. The van der Waals surface area contributed by atoms with Gasteiger partial charge in [0.25, 0.3) is 0 Å². The van der Waals surface area contributed by atoms with Gasteiger partial charge in [0.05, 0.1) is 26.2 Å². The first-order valence-electron chi connectivity index (χ1n) is 7.93. The van der Waals surface area contributed by atoms with Gasteiger partial charge in [0.15, 0.2) is 0 Å². The second kappa shape index (κ2) is 8.33. The average Bonchev–Trinajstić information content (AvgIpc) is 2.93. The average molecular weight is 334 g/mol. The Labute approximate surface area is 140 Å². The molecule has 24 heavy (non-hydrogen) atoms. The molecule has 7 nitrogen and oxygen atoms in total. The molecule has 2 amide bonds. The van der Waals surface area contributed by atoms with Gasteiger partial charge in [-0.1, -0.05) is 0 Å². The lowest BCUT2D eigenvalue weighted by Gasteiger charge is -2.17. The van der Waals surface area contributed by atoms with Gasteiger partial charge in [-0.25, -0.2) is 0 Å². The van der Waals surface area contributed by atoms with E-state index in [1.54, 1.807) is 31.1 Å². The molecule has 1 N–H and O–H groups in total. The zero-order valence-electron chi connectivity index (χ0n) is 13.9. The minimum atomic E-state index is -0.394. The molecule has 1 aliphatic heterocycles. The van der Waals surface area contributed by atoms with E-state index >= 15 is 0 Å². The first-order chi connectivity index (χ1) is 11.5. The van der Waals surface area contributed by atoms with E-state index in [2.05, 4.69) is 5.32 Å². The number of carbonyl (C=O) groups excluding carboxylic acids is 3. The minimum absolute atomic E-state index is 0.0442. The molecule has 1 aliphatic rings. The molecule has 1 saturated heterocycles. The first kappa shape index (κ1) is 17.8. The summed E-state index contributed by atoms with van der Waals surface area (Å²) in [6.07, 6.45) is 0.353. The third kappa shape index (κ3) is 4.71. The Kier molecular flexibility index (Phi) is 6.17. The van der Waals surface area contributed by atoms with Crippen LogP contribution in [0.3, 0.4) is 0 Å². The van der Waals surface area contributed by atoms with Crippen molar-refractivity contribution >= 4 is 23.5 Å². The lowest BCUT2D eigenvalue weighted by atomic mass is 10.2. The molecule has 1 fully saturated rings. The van der Waals surface area contributed by atoms with Crippen molar-refractivity contribution in [2.24, 2.45) is 0 Å². The van der Waals surface area contributed by atoms with Crippen LogP contribution in [0.2, 0.25) is 0 Å². The highest BCUT2D eigenvalue weighted by molar-refractivity contribution is 5.97. The maximum Gasteiger partial charge on any atom is 0.306 e. The van der Waals surface area contributed by atoms with Crippen molar-refractivity contribution in [3.8, 4) is 5.75 Å². The van der Waals surface area contributed by atoms with Gasteiger partial charge in [0.2, 0.25) is 11.8 Å². The summed E-state index contributed by atoms with van der Waals surface area (Å²) >= 11 is 0. The Balaban J connectivity index is 1.85. The molecule has 0 radical (unpaired) electrons. The fraction of sp³-hybridized carbons (Fsp3) is 0.471. The predicted octanol–water partition coefficient (Wildman–Crippen LogP) is 1.26. The SMILES string of the molecule is CCOC(=O)CCC(=O)N[C@H]1CC(=O)N(c2ccc(OC)cc2)C1. The first-order valence-corrected chi connectivity index (χ1v) is 7.93. The van der Waals surface area contributed by atoms with Gasteiger partial charge in [0, 0.05) is 25.1 Å². The number of nitrogens with zero attached hydrogens (tertiary/aromatic N) is 1. The molecule has 0 spiro atoms. The molecule has 7 heteroatoms. The number of methoxy groups -OCH3 is 1. The second-order valence-electron chi connectivity index (χ2n) is 5.48. The van der Waals surface area contributed by atoms with E-state index in [-0.39, 0.29) is 37.1 Å². The van der Waals surface area contributed by atoms with E-state index in [1.807, 2.05) is 12.1 Å². The van der Waals surface area contributed by atoms with E-state index in [9.17, 15) is 14.4 Å². The highest BCUT2D eigenvalue weighted by Crippen LogP contribution is 2.24. The summed E-state index contributed by atoms with van der Waals surface area (Å²) in [5.41, 5.74) is 0.768. The van der Waals surface area contributed by atoms with Gasteiger partial charge in [-0.15, -0.1) is 0 Å². The molecule has 1 heterocycles. The summed E-state index contributed by atoms with van der Waals surface area (Å²) < 4.78 is 9.88. The molecule has 1 aromatic carbocycles. The number of rotatable bonds is 7. The molecular formula is C17H22N2O5. The number of anilines is 1. The Bertz CT molecular complexity index is 600. The third-order valence-electron chi connectivity index (χ3n) is 3.74. The molecule has 1 atom stereocenters. The molecule has 1 aromatic rings. The summed E-state index contributed by atoms with van der Waals surface area (Å²) in [5.74, 6) is 0.0255. The Hall–Kier alpha value is -2.57. The monoisotopic (exact) mass is 334 g/mol. The number of hydrogen-bond donors (Lipinski definition) is 1. The second-order valence-corrected chi connectivity index (χ2v) is 5.48. The summed E-state index contributed by atoms with van der Waals surface area (Å²) in [6.45, 7) is 2.43. The van der Waals surface area contributed by atoms with Gasteiger partial charge >= 0.3 is 5.97 Å². The van der Waals surface area contributed by atoms with Crippen molar-refractivity contribution < 1.29 is 23.9 Å². The molecule has 0 unspecified atom stereocenters. The molecular weight excluding hydrogens is 312 g/mol. The highest BCUT2D eigenvalue weighted by Gasteiger charge is 2.31. The molecule has 0 bridgehead atoms. The molecule has 0 saturated carbocycles. The van der Waals surface area contributed by atoms with Crippen molar-refractivity contribution in [1.82, 2.24) is 5.32 Å². The van der Waals surface area contributed by atoms with Gasteiger partial charge in [-0.3, -0.25) is 14.4 Å². The van der Waals surface area contributed by atoms with Crippen LogP contribution < -0.4 is 15.0 Å². The van der Waals surface area contributed by atoms with Crippen LogP contribution in [0.15, 0.2) is 24.3 Å². The topological polar surface area (TPSA) is 84.9 Å². The molecule has 2 rings (SSSR count). The Morgan fingerprint density at radius 1 is 1.25 bits per heavy atom. The summed E-state index contributed by atoms with van der Waals surface area (Å²) in [6, 6.07) is 6.93. The molecule has 0 aliphatic carbocycles. The molecule has 0 aromatic heterocycles. The van der Waals surface area contributed by atoms with Crippen molar-refractivity contribution in [2.45, 2.75) is 32.2 Å². The van der Waals surface area contributed by atoms with Gasteiger partial charge in [-0.05, 0) is 31.2 Å². The summed E-state index contributed by atoms with van der Waals surface area (Å²) in [7, 11) is 1.58. The summed E-state index contributed by atoms with van der Waals surface area (Å²) in [5, 5.41) is 2.80. The fourth-order valence-electron chi connectivity index (χ4n) is 2.56. The Morgan fingerprint density at radius 3 is 2.58 bits per heavy atom. The lowest BCUT2D eigenvalue weighted by molar-refractivity contribution is -0.144. The van der Waals surface area contributed by atoms with Crippen molar-refractivity contribution in [2.75, 3.05) is 25.2 Å². The predicted molar refractivity (Wildman–Crippen MR) is 87.8 cm³/mol.